The highest BCUT2D eigenvalue weighted by Crippen LogP contribution is 2.29. The summed E-state index contributed by atoms with van der Waals surface area (Å²) in [6.45, 7) is 4.61. The molecule has 0 atom stereocenters. The zero-order chi connectivity index (χ0) is 23.9. The van der Waals surface area contributed by atoms with Crippen LogP contribution in [0.1, 0.15) is 30.9 Å². The van der Waals surface area contributed by atoms with Crippen LogP contribution in [-0.2, 0) is 16.4 Å². The molecule has 2 aromatic heterocycles. The molecule has 2 heterocycles. The molecule has 0 saturated carbocycles. The number of benzene rings is 3. The van der Waals surface area contributed by atoms with Gasteiger partial charge >= 0.3 is 0 Å². The van der Waals surface area contributed by atoms with Gasteiger partial charge in [-0.3, -0.25) is 0 Å². The largest absolute Gasteiger partial charge is 0.365 e. The van der Waals surface area contributed by atoms with Crippen molar-refractivity contribution in [1.29, 1.82) is 0 Å². The van der Waals surface area contributed by atoms with Crippen molar-refractivity contribution in [3.05, 3.63) is 88.9 Å². The summed E-state index contributed by atoms with van der Waals surface area (Å²) in [5, 5.41) is 12.8. The Labute approximate surface area is 202 Å². The Bertz CT molecular complexity index is 1600. The van der Waals surface area contributed by atoms with Crippen LogP contribution in [0.5, 0.6) is 0 Å². The summed E-state index contributed by atoms with van der Waals surface area (Å²) < 4.78 is 28.4. The average molecular weight is 492 g/mol. The predicted octanol–water partition coefficient (Wildman–Crippen LogP) is 5.50. The van der Waals surface area contributed by atoms with Gasteiger partial charge in [-0.05, 0) is 53.4 Å². The predicted molar refractivity (Wildman–Crippen MR) is 133 cm³/mol. The summed E-state index contributed by atoms with van der Waals surface area (Å²) in [5.74, 6) is 0.848. The average Bonchev–Trinajstić information content (AvgIpc) is 3.28. The van der Waals surface area contributed by atoms with E-state index in [0.717, 1.165) is 16.5 Å². The lowest BCUT2D eigenvalue weighted by Gasteiger charge is -2.11. The Morgan fingerprint density at radius 1 is 0.971 bits per heavy atom. The molecule has 5 rings (SSSR count). The van der Waals surface area contributed by atoms with E-state index in [4.69, 9.17) is 11.6 Å². The topological polar surface area (TPSA) is 89.2 Å². The Balaban J connectivity index is 1.61. The van der Waals surface area contributed by atoms with Crippen molar-refractivity contribution in [2.45, 2.75) is 36.2 Å². The highest BCUT2D eigenvalue weighted by Gasteiger charge is 2.27. The summed E-state index contributed by atoms with van der Waals surface area (Å²) >= 11 is 5.99. The highest BCUT2D eigenvalue weighted by atomic mass is 35.5. The van der Waals surface area contributed by atoms with E-state index in [1.165, 1.54) is 4.52 Å². The number of nitrogens with zero attached hydrogens (tertiary/aromatic N) is 4. The number of sulfone groups is 1. The van der Waals surface area contributed by atoms with Gasteiger partial charge < -0.3 is 5.32 Å². The first-order valence-electron chi connectivity index (χ1n) is 10.8. The molecule has 0 aliphatic carbocycles. The Kier molecular flexibility index (Phi) is 5.71. The lowest BCUT2D eigenvalue weighted by Crippen LogP contribution is -2.07. The van der Waals surface area contributed by atoms with Crippen LogP contribution in [0.2, 0.25) is 5.02 Å². The van der Waals surface area contributed by atoms with Crippen LogP contribution in [0.4, 0.5) is 5.82 Å². The maximum Gasteiger partial charge on any atom is 0.229 e. The third-order valence-corrected chi connectivity index (χ3v) is 7.62. The first-order chi connectivity index (χ1) is 16.3. The molecule has 9 heteroatoms. The van der Waals surface area contributed by atoms with Gasteiger partial charge in [0.15, 0.2) is 5.65 Å². The molecular weight excluding hydrogens is 470 g/mol. The standard InChI is InChI=1S/C25H22ClN5O2S/c1-16(2)18-9-13-20(14-10-18)34(32,33)25-24-28-23(27-15-17-7-11-19(26)12-8-17)21-5-3-4-6-22(21)31(24)30-29-25/h3-14,16H,15H2,1-2H3,(H,27,28). The van der Waals surface area contributed by atoms with Crippen LogP contribution >= 0.6 is 11.6 Å². The Morgan fingerprint density at radius 2 is 1.68 bits per heavy atom. The molecule has 1 N–H and O–H groups in total. The van der Waals surface area contributed by atoms with Gasteiger partial charge in [-0.25, -0.2) is 13.4 Å². The molecule has 0 aliphatic heterocycles. The zero-order valence-corrected chi connectivity index (χ0v) is 20.2. The van der Waals surface area contributed by atoms with Crippen molar-refractivity contribution in [3.63, 3.8) is 0 Å². The second kappa shape index (κ2) is 8.70. The second-order valence-electron chi connectivity index (χ2n) is 8.31. The highest BCUT2D eigenvalue weighted by molar-refractivity contribution is 7.91. The fourth-order valence-electron chi connectivity index (χ4n) is 3.79. The number of fused-ring (bicyclic) bond motifs is 3. The smallest absolute Gasteiger partial charge is 0.229 e. The van der Waals surface area contributed by atoms with Crippen LogP contribution in [-0.4, -0.2) is 28.2 Å². The summed E-state index contributed by atoms with van der Waals surface area (Å²) in [4.78, 5) is 4.81. The molecule has 0 aliphatic rings. The number of rotatable bonds is 6. The van der Waals surface area contributed by atoms with E-state index >= 15 is 0 Å². The molecule has 0 amide bonds. The van der Waals surface area contributed by atoms with Crippen molar-refractivity contribution >= 4 is 43.8 Å². The third kappa shape index (κ3) is 3.99. The monoisotopic (exact) mass is 491 g/mol. The number of hydrogen-bond donors (Lipinski definition) is 1. The summed E-state index contributed by atoms with van der Waals surface area (Å²) in [7, 11) is -3.92. The number of aromatic nitrogens is 4. The summed E-state index contributed by atoms with van der Waals surface area (Å²) in [6, 6.07) is 21.9. The SMILES string of the molecule is CC(C)c1ccc(S(=O)(=O)c2nnn3c2nc(NCc2ccc(Cl)cc2)c2ccccc23)cc1. The molecule has 0 unspecified atom stereocenters. The van der Waals surface area contributed by atoms with E-state index in [-0.39, 0.29) is 15.6 Å². The first-order valence-corrected chi connectivity index (χ1v) is 12.7. The van der Waals surface area contributed by atoms with E-state index in [1.807, 2.05) is 60.7 Å². The first kappa shape index (κ1) is 22.3. The van der Waals surface area contributed by atoms with Gasteiger partial charge in [0.1, 0.15) is 5.82 Å². The van der Waals surface area contributed by atoms with Gasteiger partial charge in [-0.1, -0.05) is 67.1 Å². The molecule has 7 nitrogen and oxygen atoms in total. The van der Waals surface area contributed by atoms with Gasteiger partial charge in [0.05, 0.1) is 10.4 Å². The fourth-order valence-corrected chi connectivity index (χ4v) is 5.15. The van der Waals surface area contributed by atoms with Crippen molar-refractivity contribution in [2.24, 2.45) is 0 Å². The number of para-hydroxylation sites is 1. The van der Waals surface area contributed by atoms with Gasteiger partial charge in [0.25, 0.3) is 0 Å². The number of nitrogens with one attached hydrogen (secondary N) is 1. The molecule has 34 heavy (non-hydrogen) atoms. The molecule has 5 aromatic rings. The Hall–Kier alpha value is -3.49. The number of anilines is 1. The van der Waals surface area contributed by atoms with Crippen molar-refractivity contribution in [3.8, 4) is 0 Å². The molecule has 0 bridgehead atoms. The van der Waals surface area contributed by atoms with Crippen LogP contribution in [0.3, 0.4) is 0 Å². The van der Waals surface area contributed by atoms with Gasteiger partial charge in [-0.15, -0.1) is 5.10 Å². The normalized spacial score (nSPS) is 12.0. The molecule has 0 saturated heterocycles. The maximum atomic E-state index is 13.5. The van der Waals surface area contributed by atoms with Crippen LogP contribution in [0.25, 0.3) is 16.6 Å². The minimum Gasteiger partial charge on any atom is -0.365 e. The number of halogens is 1. The maximum absolute atomic E-state index is 13.5. The number of hydrogen-bond acceptors (Lipinski definition) is 6. The van der Waals surface area contributed by atoms with E-state index in [2.05, 4.69) is 34.5 Å². The molecule has 0 radical (unpaired) electrons. The van der Waals surface area contributed by atoms with E-state index in [1.54, 1.807) is 12.1 Å². The molecule has 3 aromatic carbocycles. The van der Waals surface area contributed by atoms with Gasteiger partial charge in [0.2, 0.25) is 14.9 Å². The van der Waals surface area contributed by atoms with E-state index < -0.39 is 9.84 Å². The van der Waals surface area contributed by atoms with Crippen LogP contribution in [0.15, 0.2) is 82.7 Å². The van der Waals surface area contributed by atoms with E-state index in [0.29, 0.717) is 28.8 Å². The third-order valence-electron chi connectivity index (χ3n) is 5.71. The summed E-state index contributed by atoms with van der Waals surface area (Å²) in [5.41, 5.74) is 2.95. The minimum atomic E-state index is -3.92. The fraction of sp³-hybridized carbons (Fsp3) is 0.160. The van der Waals surface area contributed by atoms with E-state index in [9.17, 15) is 8.42 Å². The lowest BCUT2D eigenvalue weighted by molar-refractivity contribution is 0.592. The molecule has 172 valence electrons. The van der Waals surface area contributed by atoms with Gasteiger partial charge in [0, 0.05) is 17.0 Å². The second-order valence-corrected chi connectivity index (χ2v) is 10.6. The molecule has 0 fully saturated rings. The quantitative estimate of drug-likeness (QED) is 0.337. The lowest BCUT2D eigenvalue weighted by atomic mass is 10.0. The molecule has 0 spiro atoms. The summed E-state index contributed by atoms with van der Waals surface area (Å²) in [6.07, 6.45) is 0. The van der Waals surface area contributed by atoms with Crippen LogP contribution in [0, 0.1) is 0 Å². The minimum absolute atomic E-state index is 0.157. The van der Waals surface area contributed by atoms with Gasteiger partial charge in [-0.2, -0.15) is 4.52 Å². The zero-order valence-electron chi connectivity index (χ0n) is 18.6. The molecular formula is C25H22ClN5O2S. The Morgan fingerprint density at radius 3 is 2.38 bits per heavy atom. The van der Waals surface area contributed by atoms with Crippen molar-refractivity contribution in [1.82, 2.24) is 19.8 Å². The van der Waals surface area contributed by atoms with Crippen molar-refractivity contribution < 1.29 is 8.42 Å². The van der Waals surface area contributed by atoms with Crippen LogP contribution < -0.4 is 5.32 Å². The van der Waals surface area contributed by atoms with Crippen molar-refractivity contribution in [2.75, 3.05) is 5.32 Å².